The Hall–Kier alpha value is -8.36. The monoisotopic (exact) mass is 1450 g/mol. The van der Waals surface area contributed by atoms with Crippen molar-refractivity contribution in [3.8, 4) is 0 Å². The van der Waals surface area contributed by atoms with Crippen molar-refractivity contribution in [1.82, 2.24) is 65.5 Å². The van der Waals surface area contributed by atoms with Gasteiger partial charge in [0.25, 0.3) is 0 Å². The number of thiazole rings is 2. The van der Waals surface area contributed by atoms with Crippen LogP contribution in [0.1, 0.15) is 63.5 Å². The molecule has 4 saturated heterocycles. The third kappa shape index (κ3) is 15.5. The number of nitrogens with one attached hydrogen (secondary N) is 4. The number of methoxy groups -OCH3 is 1. The van der Waals surface area contributed by atoms with Crippen molar-refractivity contribution in [2.24, 2.45) is 9.98 Å². The number of anilines is 2. The lowest BCUT2D eigenvalue weighted by Gasteiger charge is -2.38. The van der Waals surface area contributed by atoms with E-state index in [1.807, 2.05) is 78.9 Å². The molecule has 0 saturated carbocycles. The number of nitrogens with zero attached hydrogens (tertiary/aromatic N) is 13. The number of urea groups is 2. The molecule has 7 aromatic rings. The first-order valence-corrected chi connectivity index (χ1v) is 36.1. The number of benzene rings is 4. The van der Waals surface area contributed by atoms with Gasteiger partial charge in [-0.25, -0.2) is 42.6 Å². The Balaban J connectivity index is 0.000000184. The molecule has 1 unspecified atom stereocenters. The van der Waals surface area contributed by atoms with Gasteiger partial charge in [-0.2, -0.15) is 5.21 Å². The maximum absolute atomic E-state index is 14.1. The number of aliphatic imine (C=N–C) groups is 2. The highest BCUT2D eigenvalue weighted by molar-refractivity contribution is 9.10. The van der Waals surface area contributed by atoms with E-state index in [4.69, 9.17) is 31.1 Å². The van der Waals surface area contributed by atoms with E-state index in [0.29, 0.717) is 138 Å². The number of aromatic amines is 1. The number of carbonyl (C=O) groups is 4. The second kappa shape index (κ2) is 30.0. The van der Waals surface area contributed by atoms with Crippen molar-refractivity contribution in [2.75, 3.05) is 102 Å². The van der Waals surface area contributed by atoms with Crippen LogP contribution in [0.5, 0.6) is 0 Å². The topological polar surface area (TPSA) is 264 Å². The van der Waals surface area contributed by atoms with Crippen LogP contribution < -0.4 is 25.2 Å². The van der Waals surface area contributed by atoms with Gasteiger partial charge < -0.3 is 29.9 Å². The van der Waals surface area contributed by atoms with E-state index in [1.165, 1.54) is 60.1 Å². The summed E-state index contributed by atoms with van der Waals surface area (Å²) in [6, 6.07) is 22.7. The molecule has 6 aliphatic rings. The molecule has 24 nitrogen and oxygen atoms in total. The summed E-state index contributed by atoms with van der Waals surface area (Å²) in [5, 5.41) is 25.9. The zero-order chi connectivity index (χ0) is 67.2. The third-order valence-electron chi connectivity index (χ3n) is 17.1. The van der Waals surface area contributed by atoms with Crippen LogP contribution in [0.3, 0.4) is 0 Å². The van der Waals surface area contributed by atoms with Crippen molar-refractivity contribution >= 4 is 113 Å². The average molecular weight is 1450 g/mol. The largest absolute Gasteiger partial charge is 0.466 e. The number of halogens is 4. The van der Waals surface area contributed by atoms with Crippen LogP contribution in [0.2, 0.25) is 5.02 Å². The summed E-state index contributed by atoms with van der Waals surface area (Å²) in [7, 11) is -0.899. The number of carbonyl (C=O) groups excluding carboxylic acids is 4. The van der Waals surface area contributed by atoms with E-state index in [1.54, 1.807) is 31.6 Å². The van der Waals surface area contributed by atoms with Gasteiger partial charge in [0, 0.05) is 155 Å². The van der Waals surface area contributed by atoms with Crippen LogP contribution in [-0.4, -0.2) is 200 Å². The highest BCUT2D eigenvalue weighted by Gasteiger charge is 2.45. The molecule has 4 N–H and O–H groups in total. The Labute approximate surface area is 574 Å². The minimum atomic E-state index is -2.21. The number of fused-ring (bicyclic) bond motifs is 2. The fourth-order valence-corrected chi connectivity index (χ4v) is 15.1. The number of amidine groups is 2. The lowest BCUT2D eigenvalue weighted by molar-refractivity contribution is -0.139. The van der Waals surface area contributed by atoms with E-state index < -0.39 is 45.4 Å². The quantitative estimate of drug-likeness (QED) is 0.0304. The van der Waals surface area contributed by atoms with Crippen LogP contribution >= 0.6 is 50.2 Å². The van der Waals surface area contributed by atoms with E-state index in [9.17, 15) is 32.2 Å². The average Bonchev–Trinajstić information content (AvgIpc) is 1.20. The highest BCUT2D eigenvalue weighted by atomic mass is 79.9. The number of hydrogen-bond donors (Lipinski definition) is 4. The van der Waals surface area contributed by atoms with Crippen molar-refractivity contribution in [3.63, 3.8) is 0 Å². The van der Waals surface area contributed by atoms with Gasteiger partial charge in [-0.05, 0) is 97.3 Å². The molecule has 0 bridgehead atoms. The molecule has 9 heterocycles. The normalized spacial score (nSPS) is 20.4. The van der Waals surface area contributed by atoms with Crippen molar-refractivity contribution in [1.29, 1.82) is 0 Å². The molecule has 3 aromatic heterocycles. The Morgan fingerprint density at radius 2 is 1.26 bits per heavy atom. The number of rotatable bonds is 21. The summed E-state index contributed by atoms with van der Waals surface area (Å²) >= 11 is 12.8. The Morgan fingerprint density at radius 3 is 1.75 bits per heavy atom. The first-order chi connectivity index (χ1) is 46.4. The van der Waals surface area contributed by atoms with Crippen LogP contribution in [0.15, 0.2) is 145 Å². The molecule has 0 aliphatic carbocycles. The van der Waals surface area contributed by atoms with Crippen molar-refractivity contribution in [3.05, 3.63) is 190 Å². The van der Waals surface area contributed by atoms with Gasteiger partial charge in [-0.3, -0.25) is 33.8 Å². The van der Waals surface area contributed by atoms with Gasteiger partial charge in [-0.1, -0.05) is 69.1 Å². The number of H-pyrrole nitrogens is 1. The number of esters is 2. The molecular formula is C65H69BrClF2N17O7S3. The lowest BCUT2D eigenvalue weighted by Crippen LogP contribution is -2.53. The van der Waals surface area contributed by atoms with Crippen molar-refractivity contribution < 1.29 is 41.6 Å². The molecule has 96 heavy (non-hydrogen) atoms. The Bertz CT molecular complexity index is 4240. The van der Waals surface area contributed by atoms with Crippen molar-refractivity contribution in [2.45, 2.75) is 56.8 Å². The van der Waals surface area contributed by atoms with E-state index >= 15 is 0 Å². The highest BCUT2D eigenvalue weighted by Crippen LogP contribution is 2.40. The Morgan fingerprint density at radius 1 is 0.729 bits per heavy atom. The molecule has 0 spiro atoms. The second-order valence-corrected chi connectivity index (χ2v) is 29.0. The van der Waals surface area contributed by atoms with Gasteiger partial charge >= 0.3 is 24.0 Å². The summed E-state index contributed by atoms with van der Waals surface area (Å²) < 4.78 is 54.1. The van der Waals surface area contributed by atoms with Crippen LogP contribution in [0, 0.1) is 11.6 Å². The smallest absolute Gasteiger partial charge is 0.338 e. The van der Waals surface area contributed by atoms with Gasteiger partial charge in [0.05, 0.1) is 36.9 Å². The predicted molar refractivity (Wildman–Crippen MR) is 369 cm³/mol. The maximum Gasteiger partial charge on any atom is 0.338 e. The fourth-order valence-electron chi connectivity index (χ4n) is 12.6. The first kappa shape index (κ1) is 67.6. The molecule has 0 radical (unpaired) electrons. The Kier molecular flexibility index (Phi) is 21.1. The number of aromatic nitrogens is 6. The fraction of sp³-hybridized carbons (Fsp3) is 0.354. The molecule has 502 valence electrons. The van der Waals surface area contributed by atoms with Crippen LogP contribution in [-0.2, 0) is 48.0 Å². The van der Waals surface area contributed by atoms with E-state index in [-0.39, 0.29) is 41.3 Å². The third-order valence-corrected chi connectivity index (χ3v) is 20.5. The number of ether oxygens (including phenoxy) is 2. The zero-order valence-electron chi connectivity index (χ0n) is 52.6. The number of tetrazole rings is 1. The second-order valence-electron chi connectivity index (χ2n) is 23.6. The molecular weight excluding hydrogens is 1380 g/mol. The van der Waals surface area contributed by atoms with Gasteiger partial charge in [-0.15, -0.1) is 32.9 Å². The number of hydrogen-bond acceptors (Lipinski definition) is 20. The SMILES string of the molecule is C=S(C)(=O)NCCCc1ccc(N2C[C@@H]3CN(CC4=C(C(=O)OCC)[C@H](c5ccc(F)cc5Br)N=C(c5nccs5)N4)CCN3C2=O)cc1.COC(=O)C1=C(CN2CCN3C(=O)N(c4ccc(CCc5nn[nH]n5)cc4)C[C@@H]3C2)NC(c2nccs2)=N[C@H]1c1ccc(F)cc1Cl. The molecule has 4 aromatic carbocycles. The summed E-state index contributed by atoms with van der Waals surface area (Å²) in [6.45, 7) is 7.86. The number of aryl methyl sites for hydroxylation is 3. The summed E-state index contributed by atoms with van der Waals surface area (Å²) in [5.74, 6) is 3.32. The predicted octanol–water partition coefficient (Wildman–Crippen LogP) is 7.74. The molecule has 13 rings (SSSR count). The number of amides is 4. The first-order valence-electron chi connectivity index (χ1n) is 31.1. The summed E-state index contributed by atoms with van der Waals surface area (Å²) in [4.78, 5) is 84.4. The summed E-state index contributed by atoms with van der Waals surface area (Å²) in [6.07, 6.45) is 8.05. The van der Waals surface area contributed by atoms with E-state index in [0.717, 1.165) is 41.8 Å². The molecule has 4 fully saturated rings. The van der Waals surface area contributed by atoms with E-state index in [2.05, 4.69) is 77.5 Å². The lowest BCUT2D eigenvalue weighted by atomic mass is 9.95. The van der Waals surface area contributed by atoms with Gasteiger partial charge in [0.2, 0.25) is 0 Å². The zero-order valence-corrected chi connectivity index (χ0v) is 57.4. The standard InChI is InChI=1S/C34H39BrFN7O4S2.C31H30ClFN10O3S/c1-4-47-33(44)29-28(39-31(32-37-14-17-48-32)40-30(29)26-12-9-23(36)18-27(26)35)21-41-15-16-42-25(19-41)20-43(34(42)45)24-10-7-22(8-11-24)6-5-13-38-49(2,3)46;1-46-30(44)26-24(35-28(29-34-10-13-47-29)36-27(26)22-8-5-19(33)14-23(22)32)17-41-11-12-42-21(15-41)16-43(31(42)45)20-6-2-18(3-7-20)4-9-25-37-39-40-38-25/h7-12,14,17-18,25,30H,2,4-6,13,15-16,19-21H2,1,3H3,(H,38,46)(H,39,40);2-3,5-8,10,13-14,21,27H,4,9,11-12,15-17H2,1H3,(H,35,36)(H,37,38,39,40)/t25-,30-,49?;21-,27-/m00/s1. The molecule has 6 aliphatic heterocycles. The minimum absolute atomic E-state index is 0.0172. The summed E-state index contributed by atoms with van der Waals surface area (Å²) in [5.41, 5.74) is 6.92. The minimum Gasteiger partial charge on any atom is -0.466 e. The van der Waals surface area contributed by atoms with Gasteiger partial charge in [0.1, 0.15) is 23.7 Å². The molecule has 5 atom stereocenters. The van der Waals surface area contributed by atoms with Crippen LogP contribution in [0.4, 0.5) is 29.7 Å². The molecule has 4 amide bonds. The van der Waals surface area contributed by atoms with Crippen LogP contribution in [0.25, 0.3) is 0 Å². The maximum atomic E-state index is 14.1. The molecule has 31 heteroatoms. The number of piperazine rings is 2. The van der Waals surface area contributed by atoms with Gasteiger partial charge in [0.15, 0.2) is 27.5 Å².